The quantitative estimate of drug-likeness (QED) is 0.847. The molecule has 2 nitrogen and oxygen atoms in total. The summed E-state index contributed by atoms with van der Waals surface area (Å²) in [7, 11) is 0. The van der Waals surface area contributed by atoms with E-state index >= 15 is 0 Å². The van der Waals surface area contributed by atoms with Crippen LogP contribution in [0.2, 0.25) is 5.22 Å². The monoisotopic (exact) mass is 239 g/mol. The summed E-state index contributed by atoms with van der Waals surface area (Å²) in [5.41, 5.74) is 1.36. The Morgan fingerprint density at radius 3 is 2.81 bits per heavy atom. The molecule has 0 aromatic carbocycles. The third-order valence-electron chi connectivity index (χ3n) is 2.84. The standard InChI is InChI=1S/C13H18ClNO/c1-9(2)10(8-15-11-3-4-11)7-12-5-6-13(14)16-12/h5-7,9,11,15H,3-4,8H2,1-2H3. The smallest absolute Gasteiger partial charge is 0.193 e. The number of rotatable bonds is 5. The Bertz CT molecular complexity index is 377. The molecule has 88 valence electrons. The van der Waals surface area contributed by atoms with Gasteiger partial charge in [0.25, 0.3) is 0 Å². The molecule has 1 N–H and O–H groups in total. The number of nitrogens with one attached hydrogen (secondary N) is 1. The van der Waals surface area contributed by atoms with Crippen molar-refractivity contribution in [2.75, 3.05) is 6.54 Å². The zero-order chi connectivity index (χ0) is 11.5. The van der Waals surface area contributed by atoms with Crippen LogP contribution in [0.25, 0.3) is 6.08 Å². The van der Waals surface area contributed by atoms with Crippen molar-refractivity contribution in [3.63, 3.8) is 0 Å². The summed E-state index contributed by atoms with van der Waals surface area (Å²) < 4.78 is 5.35. The number of furan rings is 1. The summed E-state index contributed by atoms with van der Waals surface area (Å²) in [6, 6.07) is 4.42. The summed E-state index contributed by atoms with van der Waals surface area (Å²) in [5.74, 6) is 1.36. The van der Waals surface area contributed by atoms with Crippen molar-refractivity contribution in [2.45, 2.75) is 32.7 Å². The molecule has 0 bridgehead atoms. The average Bonchev–Trinajstić information content (AvgIpc) is 2.96. The molecular formula is C13H18ClNO. The Kier molecular flexibility index (Phi) is 3.72. The first-order chi connectivity index (χ1) is 7.65. The Morgan fingerprint density at radius 2 is 2.31 bits per heavy atom. The summed E-state index contributed by atoms with van der Waals surface area (Å²) in [5, 5.41) is 3.97. The SMILES string of the molecule is CC(C)C(=Cc1ccc(Cl)o1)CNC1CC1. The second-order valence-electron chi connectivity index (χ2n) is 4.67. The van der Waals surface area contributed by atoms with Gasteiger partial charge in [0, 0.05) is 12.6 Å². The van der Waals surface area contributed by atoms with Gasteiger partial charge in [-0.25, -0.2) is 0 Å². The Morgan fingerprint density at radius 1 is 1.56 bits per heavy atom. The van der Waals surface area contributed by atoms with Crippen LogP contribution in [0.1, 0.15) is 32.4 Å². The highest BCUT2D eigenvalue weighted by atomic mass is 35.5. The molecule has 1 aromatic heterocycles. The molecule has 1 aliphatic carbocycles. The van der Waals surface area contributed by atoms with E-state index < -0.39 is 0 Å². The molecule has 3 heteroatoms. The van der Waals surface area contributed by atoms with E-state index in [1.54, 1.807) is 6.07 Å². The second-order valence-corrected chi connectivity index (χ2v) is 5.04. The molecule has 1 saturated carbocycles. The maximum Gasteiger partial charge on any atom is 0.193 e. The summed E-state index contributed by atoms with van der Waals surface area (Å²) >= 11 is 5.75. The van der Waals surface area contributed by atoms with Crippen LogP contribution in [-0.2, 0) is 0 Å². The van der Waals surface area contributed by atoms with Crippen molar-refractivity contribution >= 4 is 17.7 Å². The van der Waals surface area contributed by atoms with E-state index in [9.17, 15) is 0 Å². The van der Waals surface area contributed by atoms with Gasteiger partial charge in [-0.05, 0) is 48.6 Å². The van der Waals surface area contributed by atoms with E-state index in [1.807, 2.05) is 6.07 Å². The Hall–Kier alpha value is -0.730. The van der Waals surface area contributed by atoms with Gasteiger partial charge >= 0.3 is 0 Å². The van der Waals surface area contributed by atoms with Crippen LogP contribution in [0, 0.1) is 5.92 Å². The van der Waals surface area contributed by atoms with E-state index in [4.69, 9.17) is 16.0 Å². The van der Waals surface area contributed by atoms with Gasteiger partial charge < -0.3 is 9.73 Å². The molecule has 1 heterocycles. The number of hydrogen-bond donors (Lipinski definition) is 1. The Balaban J connectivity index is 2.01. The van der Waals surface area contributed by atoms with E-state index in [-0.39, 0.29) is 0 Å². The highest BCUT2D eigenvalue weighted by Crippen LogP contribution is 2.22. The molecule has 0 aliphatic heterocycles. The molecule has 1 aromatic rings. The maximum atomic E-state index is 5.75. The van der Waals surface area contributed by atoms with Gasteiger partial charge in [-0.2, -0.15) is 0 Å². The molecule has 2 rings (SSSR count). The molecule has 0 saturated heterocycles. The predicted molar refractivity (Wildman–Crippen MR) is 67.6 cm³/mol. The van der Waals surface area contributed by atoms with E-state index in [0.717, 1.165) is 18.3 Å². The molecule has 0 spiro atoms. The van der Waals surface area contributed by atoms with Crippen LogP contribution in [-0.4, -0.2) is 12.6 Å². The zero-order valence-electron chi connectivity index (χ0n) is 9.79. The first-order valence-electron chi connectivity index (χ1n) is 5.84. The van der Waals surface area contributed by atoms with E-state index in [2.05, 4.69) is 25.2 Å². The van der Waals surface area contributed by atoms with Crippen LogP contribution in [0.5, 0.6) is 0 Å². The van der Waals surface area contributed by atoms with Gasteiger partial charge in [0.2, 0.25) is 0 Å². The lowest BCUT2D eigenvalue weighted by atomic mass is 10.0. The van der Waals surface area contributed by atoms with Crippen molar-refractivity contribution in [3.05, 3.63) is 28.7 Å². The fourth-order valence-electron chi connectivity index (χ4n) is 1.56. The average molecular weight is 240 g/mol. The topological polar surface area (TPSA) is 25.2 Å². The van der Waals surface area contributed by atoms with E-state index in [0.29, 0.717) is 11.1 Å². The van der Waals surface area contributed by atoms with Crippen LogP contribution in [0.15, 0.2) is 22.1 Å². The lowest BCUT2D eigenvalue weighted by Gasteiger charge is -2.11. The summed E-state index contributed by atoms with van der Waals surface area (Å²) in [4.78, 5) is 0. The first-order valence-corrected chi connectivity index (χ1v) is 6.22. The van der Waals surface area contributed by atoms with Gasteiger partial charge in [-0.1, -0.05) is 19.4 Å². The van der Waals surface area contributed by atoms with Crippen LogP contribution < -0.4 is 5.32 Å². The molecule has 0 amide bonds. The highest BCUT2D eigenvalue weighted by Gasteiger charge is 2.20. The van der Waals surface area contributed by atoms with Gasteiger partial charge in [0.15, 0.2) is 5.22 Å². The lowest BCUT2D eigenvalue weighted by Crippen LogP contribution is -2.21. The third-order valence-corrected chi connectivity index (χ3v) is 3.04. The van der Waals surface area contributed by atoms with Gasteiger partial charge in [-0.15, -0.1) is 0 Å². The largest absolute Gasteiger partial charge is 0.445 e. The molecule has 0 unspecified atom stereocenters. The van der Waals surface area contributed by atoms with Crippen molar-refractivity contribution < 1.29 is 4.42 Å². The number of halogens is 1. The fraction of sp³-hybridized carbons (Fsp3) is 0.538. The fourth-order valence-corrected chi connectivity index (χ4v) is 1.71. The maximum absolute atomic E-state index is 5.75. The van der Waals surface area contributed by atoms with Crippen molar-refractivity contribution in [3.8, 4) is 0 Å². The zero-order valence-corrected chi connectivity index (χ0v) is 10.6. The van der Waals surface area contributed by atoms with Gasteiger partial charge in [0.05, 0.1) is 0 Å². The molecule has 0 radical (unpaired) electrons. The van der Waals surface area contributed by atoms with Crippen molar-refractivity contribution in [2.24, 2.45) is 5.92 Å². The van der Waals surface area contributed by atoms with Gasteiger partial charge in [-0.3, -0.25) is 0 Å². The lowest BCUT2D eigenvalue weighted by molar-refractivity contribution is 0.556. The predicted octanol–water partition coefficient (Wildman–Crippen LogP) is 3.72. The molecule has 0 atom stereocenters. The second kappa shape index (κ2) is 5.07. The summed E-state index contributed by atoms with van der Waals surface area (Å²) in [6.45, 7) is 5.34. The third kappa shape index (κ3) is 3.39. The normalized spacial score (nSPS) is 17.1. The first kappa shape index (κ1) is 11.7. The van der Waals surface area contributed by atoms with Crippen LogP contribution in [0.3, 0.4) is 0 Å². The minimum Gasteiger partial charge on any atom is -0.445 e. The summed E-state index contributed by atoms with van der Waals surface area (Å²) in [6.07, 6.45) is 4.72. The van der Waals surface area contributed by atoms with Crippen molar-refractivity contribution in [1.82, 2.24) is 5.32 Å². The van der Waals surface area contributed by atoms with E-state index in [1.165, 1.54) is 18.4 Å². The molecule has 16 heavy (non-hydrogen) atoms. The molecule has 1 fully saturated rings. The Labute approximate surface area is 102 Å². The minimum atomic E-state index is 0.449. The van der Waals surface area contributed by atoms with Gasteiger partial charge in [0.1, 0.15) is 5.76 Å². The minimum absolute atomic E-state index is 0.449. The molecule has 1 aliphatic rings. The van der Waals surface area contributed by atoms with Crippen LogP contribution in [0.4, 0.5) is 0 Å². The highest BCUT2D eigenvalue weighted by molar-refractivity contribution is 6.28. The van der Waals surface area contributed by atoms with Crippen LogP contribution >= 0.6 is 11.6 Å². The van der Waals surface area contributed by atoms with Crippen molar-refractivity contribution in [1.29, 1.82) is 0 Å². The number of hydrogen-bond acceptors (Lipinski definition) is 2. The molecular weight excluding hydrogens is 222 g/mol.